The van der Waals surface area contributed by atoms with Gasteiger partial charge in [-0.25, -0.2) is 14.2 Å². The summed E-state index contributed by atoms with van der Waals surface area (Å²) in [5.41, 5.74) is 1.70. The molecule has 1 heterocycles. The van der Waals surface area contributed by atoms with Gasteiger partial charge in [-0.05, 0) is 36.0 Å². The lowest BCUT2D eigenvalue weighted by molar-refractivity contribution is 0.205. The number of hydrogen-bond donors (Lipinski definition) is 2. The molecule has 0 radical (unpaired) electrons. The number of rotatable bonds is 4. The molecule has 22 heavy (non-hydrogen) atoms. The van der Waals surface area contributed by atoms with Gasteiger partial charge in [0, 0.05) is 13.6 Å². The highest BCUT2D eigenvalue weighted by atomic mass is 19.1. The molecule has 1 aliphatic rings. The molecule has 5 nitrogen and oxygen atoms in total. The van der Waals surface area contributed by atoms with Crippen molar-refractivity contribution in [3.63, 3.8) is 0 Å². The van der Waals surface area contributed by atoms with Crippen molar-refractivity contribution in [2.75, 3.05) is 13.6 Å². The van der Waals surface area contributed by atoms with Gasteiger partial charge in [-0.3, -0.25) is 0 Å². The number of nitrogens with zero attached hydrogens (tertiary/aromatic N) is 2. The van der Waals surface area contributed by atoms with Crippen molar-refractivity contribution in [2.45, 2.75) is 26.8 Å². The molecule has 1 unspecified atom stereocenters. The van der Waals surface area contributed by atoms with Crippen LogP contribution in [0.4, 0.5) is 9.18 Å². The Morgan fingerprint density at radius 1 is 1.55 bits per heavy atom. The molecule has 2 N–H and O–H groups in total. The second kappa shape index (κ2) is 5.26. The third-order valence-electron chi connectivity index (χ3n) is 4.44. The van der Waals surface area contributed by atoms with E-state index in [9.17, 15) is 9.18 Å². The van der Waals surface area contributed by atoms with Crippen molar-refractivity contribution in [3.8, 4) is 0 Å². The molecule has 2 aromatic rings. The van der Waals surface area contributed by atoms with Gasteiger partial charge in [-0.15, -0.1) is 0 Å². The zero-order valence-electron chi connectivity index (χ0n) is 13.1. The minimum atomic E-state index is -0.305. The maximum atomic E-state index is 13.2. The summed E-state index contributed by atoms with van der Waals surface area (Å²) in [5, 5.41) is 2.95. The Kier molecular flexibility index (Phi) is 3.54. The Bertz CT molecular complexity index is 709. The van der Waals surface area contributed by atoms with Crippen LogP contribution in [-0.2, 0) is 6.54 Å². The number of halogens is 1. The van der Waals surface area contributed by atoms with E-state index in [1.54, 1.807) is 18.0 Å². The van der Waals surface area contributed by atoms with Gasteiger partial charge in [-0.2, -0.15) is 0 Å². The Morgan fingerprint density at radius 3 is 2.95 bits per heavy atom. The second-order valence-electron chi connectivity index (χ2n) is 6.78. The zero-order chi connectivity index (χ0) is 15.9. The van der Waals surface area contributed by atoms with Crippen molar-refractivity contribution in [2.24, 2.45) is 11.3 Å². The number of carbonyl (C=O) groups is 1. The largest absolute Gasteiger partial charge is 0.340 e. The lowest BCUT2D eigenvalue weighted by Crippen LogP contribution is -2.38. The number of carbonyl (C=O) groups excluding carboxylic acids is 1. The molecule has 0 spiro atoms. The molecule has 2 amide bonds. The summed E-state index contributed by atoms with van der Waals surface area (Å²) in [5.74, 6) is 0.907. The Balaban J connectivity index is 1.57. The third kappa shape index (κ3) is 3.05. The molecule has 1 aromatic carbocycles. The summed E-state index contributed by atoms with van der Waals surface area (Å²) in [7, 11) is 1.72. The lowest BCUT2D eigenvalue weighted by atomic mass is 10.1. The van der Waals surface area contributed by atoms with Crippen LogP contribution >= 0.6 is 0 Å². The minimum Gasteiger partial charge on any atom is -0.340 e. The molecule has 3 rings (SSSR count). The van der Waals surface area contributed by atoms with Crippen LogP contribution in [-0.4, -0.2) is 34.5 Å². The van der Waals surface area contributed by atoms with Crippen LogP contribution in [0.15, 0.2) is 18.2 Å². The highest BCUT2D eigenvalue weighted by Gasteiger charge is 2.45. The molecule has 0 saturated heterocycles. The number of hydrogen-bond acceptors (Lipinski definition) is 2. The van der Waals surface area contributed by atoms with E-state index < -0.39 is 0 Å². The van der Waals surface area contributed by atoms with Gasteiger partial charge in [-0.1, -0.05) is 13.8 Å². The Labute approximate surface area is 128 Å². The molecule has 6 heteroatoms. The molecule has 0 bridgehead atoms. The average Bonchev–Trinajstić information content (AvgIpc) is 2.87. The van der Waals surface area contributed by atoms with Crippen LogP contribution in [0.3, 0.4) is 0 Å². The average molecular weight is 304 g/mol. The van der Waals surface area contributed by atoms with E-state index in [4.69, 9.17) is 0 Å². The van der Waals surface area contributed by atoms with E-state index in [2.05, 4.69) is 29.1 Å². The standard InChI is InChI=1S/C16H21FN4O/c1-16(2)7-10(16)8-18-15(22)21(3)9-14-19-12-5-4-11(17)6-13(12)20-14/h4-6,10H,7-9H2,1-3H3,(H,18,22)(H,19,20). The van der Waals surface area contributed by atoms with Crippen LogP contribution in [0.25, 0.3) is 11.0 Å². The number of aromatic amines is 1. The number of fused-ring (bicyclic) bond motifs is 1. The fraction of sp³-hybridized carbons (Fsp3) is 0.500. The number of aromatic nitrogens is 2. The smallest absolute Gasteiger partial charge is 0.317 e. The third-order valence-corrected chi connectivity index (χ3v) is 4.44. The quantitative estimate of drug-likeness (QED) is 0.912. The molecular formula is C16H21FN4O. The molecule has 1 atom stereocenters. The van der Waals surface area contributed by atoms with Crippen molar-refractivity contribution in [3.05, 3.63) is 29.8 Å². The van der Waals surface area contributed by atoms with Crippen molar-refractivity contribution in [1.82, 2.24) is 20.2 Å². The second-order valence-corrected chi connectivity index (χ2v) is 6.78. The van der Waals surface area contributed by atoms with Crippen molar-refractivity contribution >= 4 is 17.1 Å². The first-order chi connectivity index (χ1) is 10.3. The first-order valence-corrected chi connectivity index (χ1v) is 7.48. The van der Waals surface area contributed by atoms with Gasteiger partial charge in [0.15, 0.2) is 0 Å². The van der Waals surface area contributed by atoms with E-state index in [0.717, 1.165) is 6.42 Å². The normalized spacial score (nSPS) is 19.2. The molecule has 0 aliphatic heterocycles. The van der Waals surface area contributed by atoms with Gasteiger partial charge in [0.2, 0.25) is 0 Å². The van der Waals surface area contributed by atoms with Crippen molar-refractivity contribution < 1.29 is 9.18 Å². The maximum Gasteiger partial charge on any atom is 0.317 e. The molecular weight excluding hydrogens is 283 g/mol. The number of urea groups is 1. The summed E-state index contributed by atoms with van der Waals surface area (Å²) >= 11 is 0. The van der Waals surface area contributed by atoms with Crippen LogP contribution < -0.4 is 5.32 Å². The fourth-order valence-corrected chi connectivity index (χ4v) is 2.68. The minimum absolute atomic E-state index is 0.116. The van der Waals surface area contributed by atoms with E-state index in [1.165, 1.54) is 12.1 Å². The maximum absolute atomic E-state index is 13.2. The van der Waals surface area contributed by atoms with Gasteiger partial charge in [0.25, 0.3) is 0 Å². The van der Waals surface area contributed by atoms with Gasteiger partial charge < -0.3 is 15.2 Å². The summed E-state index contributed by atoms with van der Waals surface area (Å²) in [6.45, 7) is 5.49. The van der Waals surface area contributed by atoms with Crippen LogP contribution in [0.1, 0.15) is 26.1 Å². The number of amides is 2. The van der Waals surface area contributed by atoms with Gasteiger partial charge >= 0.3 is 6.03 Å². The van der Waals surface area contributed by atoms with E-state index in [0.29, 0.717) is 41.3 Å². The lowest BCUT2D eigenvalue weighted by Gasteiger charge is -2.17. The number of H-pyrrole nitrogens is 1. The Morgan fingerprint density at radius 2 is 2.27 bits per heavy atom. The predicted molar refractivity (Wildman–Crippen MR) is 82.8 cm³/mol. The molecule has 1 fully saturated rings. The highest BCUT2D eigenvalue weighted by Crippen LogP contribution is 2.50. The fourth-order valence-electron chi connectivity index (χ4n) is 2.68. The van der Waals surface area contributed by atoms with E-state index >= 15 is 0 Å². The summed E-state index contributed by atoms with van der Waals surface area (Å²) in [4.78, 5) is 21.0. The highest BCUT2D eigenvalue weighted by molar-refractivity contribution is 5.76. The first kappa shape index (κ1) is 14.8. The number of nitrogens with one attached hydrogen (secondary N) is 2. The topological polar surface area (TPSA) is 61.0 Å². The Hall–Kier alpha value is -2.11. The number of benzene rings is 1. The SMILES string of the molecule is CN(Cc1nc2ccc(F)cc2[nH]1)C(=O)NCC1CC1(C)C. The molecule has 1 aliphatic carbocycles. The molecule has 118 valence electrons. The van der Waals surface area contributed by atoms with Crippen LogP contribution in [0.5, 0.6) is 0 Å². The van der Waals surface area contributed by atoms with Crippen LogP contribution in [0.2, 0.25) is 0 Å². The summed E-state index contributed by atoms with van der Waals surface area (Å²) < 4.78 is 13.2. The first-order valence-electron chi connectivity index (χ1n) is 7.48. The van der Waals surface area contributed by atoms with Gasteiger partial charge in [0.05, 0.1) is 17.6 Å². The van der Waals surface area contributed by atoms with Crippen LogP contribution in [0, 0.1) is 17.2 Å². The summed E-state index contributed by atoms with van der Waals surface area (Å²) in [6.07, 6.45) is 1.16. The summed E-state index contributed by atoms with van der Waals surface area (Å²) in [6, 6.07) is 4.29. The van der Waals surface area contributed by atoms with Gasteiger partial charge in [0.1, 0.15) is 11.6 Å². The molecule has 1 aromatic heterocycles. The van der Waals surface area contributed by atoms with Crippen molar-refractivity contribution in [1.29, 1.82) is 0 Å². The molecule has 1 saturated carbocycles. The van der Waals surface area contributed by atoms with E-state index in [-0.39, 0.29) is 11.8 Å². The zero-order valence-corrected chi connectivity index (χ0v) is 13.1. The van der Waals surface area contributed by atoms with E-state index in [1.807, 2.05) is 0 Å². The predicted octanol–water partition coefficient (Wildman–Crippen LogP) is 2.89. The monoisotopic (exact) mass is 304 g/mol. The number of imidazole rings is 1.